The van der Waals surface area contributed by atoms with Crippen LogP contribution < -0.4 is 10.1 Å². The first-order chi connectivity index (χ1) is 11.0. The molecule has 0 aromatic heterocycles. The molecule has 0 heterocycles. The topological polar surface area (TPSA) is 64.6 Å². The number of anilines is 1. The molecule has 2 aromatic carbocycles. The van der Waals surface area contributed by atoms with Crippen molar-refractivity contribution in [3.8, 4) is 5.75 Å². The third kappa shape index (κ3) is 4.82. The van der Waals surface area contributed by atoms with Crippen LogP contribution in [0.5, 0.6) is 5.75 Å². The second-order valence-electron chi connectivity index (χ2n) is 4.78. The summed E-state index contributed by atoms with van der Waals surface area (Å²) in [7, 11) is 1.57. The number of ether oxygens (including phenoxy) is 2. The van der Waals surface area contributed by atoms with E-state index < -0.39 is 18.0 Å². The maximum atomic E-state index is 12.1. The summed E-state index contributed by atoms with van der Waals surface area (Å²) in [5.74, 6) is -0.265. The van der Waals surface area contributed by atoms with Crippen molar-refractivity contribution in [1.82, 2.24) is 0 Å². The molecule has 0 bridgehead atoms. The van der Waals surface area contributed by atoms with Crippen LogP contribution in [0.2, 0.25) is 0 Å². The summed E-state index contributed by atoms with van der Waals surface area (Å²) in [6.07, 6.45) is -0.913. The Labute approximate surface area is 142 Å². The van der Waals surface area contributed by atoms with E-state index in [4.69, 9.17) is 9.47 Å². The second kappa shape index (κ2) is 7.78. The third-order valence-electron chi connectivity index (χ3n) is 3.07. The van der Waals surface area contributed by atoms with Gasteiger partial charge in [-0.1, -0.05) is 22.0 Å². The van der Waals surface area contributed by atoms with Gasteiger partial charge in [-0.25, -0.2) is 4.79 Å². The molecule has 120 valence electrons. The fraction of sp³-hybridized carbons (Fsp3) is 0.176. The minimum Gasteiger partial charge on any atom is -0.497 e. The van der Waals surface area contributed by atoms with E-state index in [9.17, 15) is 9.59 Å². The highest BCUT2D eigenvalue weighted by atomic mass is 79.9. The van der Waals surface area contributed by atoms with Crippen molar-refractivity contribution in [2.75, 3.05) is 12.4 Å². The molecular formula is C17H16BrNO4. The van der Waals surface area contributed by atoms with Crippen molar-refractivity contribution < 1.29 is 19.1 Å². The van der Waals surface area contributed by atoms with Crippen LogP contribution in [0.15, 0.2) is 53.0 Å². The van der Waals surface area contributed by atoms with Gasteiger partial charge in [0.1, 0.15) is 5.75 Å². The molecule has 2 rings (SSSR count). The molecule has 1 amide bonds. The van der Waals surface area contributed by atoms with Gasteiger partial charge >= 0.3 is 5.97 Å². The van der Waals surface area contributed by atoms with Gasteiger partial charge in [-0.15, -0.1) is 0 Å². The SMILES string of the molecule is COc1ccc(NC(=O)C(C)OC(=O)c2cccc(Br)c2)cc1. The Morgan fingerprint density at radius 3 is 2.43 bits per heavy atom. The third-order valence-corrected chi connectivity index (χ3v) is 3.56. The summed E-state index contributed by atoms with van der Waals surface area (Å²) in [5.41, 5.74) is 0.977. The molecule has 1 N–H and O–H groups in total. The summed E-state index contributed by atoms with van der Waals surface area (Å²) in [6.45, 7) is 1.52. The molecule has 6 heteroatoms. The summed E-state index contributed by atoms with van der Waals surface area (Å²) in [5, 5.41) is 2.68. The van der Waals surface area contributed by atoms with E-state index in [1.807, 2.05) is 0 Å². The Balaban J connectivity index is 1.95. The number of carbonyl (C=O) groups is 2. The number of rotatable bonds is 5. The summed E-state index contributed by atoms with van der Waals surface area (Å²) in [6, 6.07) is 13.7. The molecule has 0 saturated carbocycles. The van der Waals surface area contributed by atoms with Crippen molar-refractivity contribution in [1.29, 1.82) is 0 Å². The number of nitrogens with one attached hydrogen (secondary N) is 1. The molecule has 0 spiro atoms. The molecule has 0 aliphatic rings. The van der Waals surface area contributed by atoms with Gasteiger partial charge in [0.25, 0.3) is 5.91 Å². The minimum absolute atomic E-state index is 0.378. The zero-order chi connectivity index (χ0) is 16.8. The Hall–Kier alpha value is -2.34. The lowest BCUT2D eigenvalue weighted by molar-refractivity contribution is -0.123. The summed E-state index contributed by atoms with van der Waals surface area (Å²) in [4.78, 5) is 24.1. The minimum atomic E-state index is -0.913. The Morgan fingerprint density at radius 2 is 1.83 bits per heavy atom. The highest BCUT2D eigenvalue weighted by Gasteiger charge is 2.19. The number of benzene rings is 2. The van der Waals surface area contributed by atoms with Gasteiger partial charge in [0.05, 0.1) is 12.7 Å². The van der Waals surface area contributed by atoms with E-state index >= 15 is 0 Å². The van der Waals surface area contributed by atoms with Gasteiger partial charge in [-0.2, -0.15) is 0 Å². The fourth-order valence-corrected chi connectivity index (χ4v) is 2.22. The maximum absolute atomic E-state index is 12.1. The predicted molar refractivity (Wildman–Crippen MR) is 90.6 cm³/mol. The Bertz CT molecular complexity index is 700. The lowest BCUT2D eigenvalue weighted by atomic mass is 10.2. The number of carbonyl (C=O) groups excluding carboxylic acids is 2. The molecule has 0 saturated heterocycles. The van der Waals surface area contributed by atoms with Crippen molar-refractivity contribution in [2.24, 2.45) is 0 Å². The van der Waals surface area contributed by atoms with Crippen LogP contribution in [-0.4, -0.2) is 25.1 Å². The van der Waals surface area contributed by atoms with Crippen molar-refractivity contribution in [3.05, 3.63) is 58.6 Å². The average molecular weight is 378 g/mol. The van der Waals surface area contributed by atoms with Crippen molar-refractivity contribution in [2.45, 2.75) is 13.0 Å². The Morgan fingerprint density at radius 1 is 1.13 bits per heavy atom. The van der Waals surface area contributed by atoms with E-state index in [-0.39, 0.29) is 0 Å². The zero-order valence-corrected chi connectivity index (χ0v) is 14.3. The van der Waals surface area contributed by atoms with E-state index in [1.54, 1.807) is 55.6 Å². The van der Waals surface area contributed by atoms with Crippen LogP contribution in [0.3, 0.4) is 0 Å². The maximum Gasteiger partial charge on any atom is 0.338 e. The highest BCUT2D eigenvalue weighted by Crippen LogP contribution is 2.16. The van der Waals surface area contributed by atoms with Crippen molar-refractivity contribution in [3.63, 3.8) is 0 Å². The molecule has 0 radical (unpaired) electrons. The number of hydrogen-bond donors (Lipinski definition) is 1. The van der Waals surface area contributed by atoms with Gasteiger partial charge in [0.2, 0.25) is 0 Å². The van der Waals surface area contributed by atoms with Gasteiger partial charge < -0.3 is 14.8 Å². The van der Waals surface area contributed by atoms with Gasteiger partial charge in [-0.3, -0.25) is 4.79 Å². The normalized spacial score (nSPS) is 11.4. The Kier molecular flexibility index (Phi) is 5.76. The first-order valence-electron chi connectivity index (χ1n) is 6.91. The number of esters is 1. The first kappa shape index (κ1) is 17.0. The first-order valence-corrected chi connectivity index (χ1v) is 7.70. The lowest BCUT2D eigenvalue weighted by Gasteiger charge is -2.14. The molecule has 0 aliphatic carbocycles. The monoisotopic (exact) mass is 377 g/mol. The number of methoxy groups -OCH3 is 1. The van der Waals surface area contributed by atoms with Crippen LogP contribution >= 0.6 is 15.9 Å². The average Bonchev–Trinajstić information content (AvgIpc) is 2.55. The molecule has 1 unspecified atom stereocenters. The standard InChI is InChI=1S/C17H16BrNO4/c1-11(23-17(21)12-4-3-5-13(18)10-12)16(20)19-14-6-8-15(22-2)9-7-14/h3-11H,1-2H3,(H,19,20). The summed E-state index contributed by atoms with van der Waals surface area (Å²) < 4.78 is 11.0. The lowest BCUT2D eigenvalue weighted by Crippen LogP contribution is -2.30. The largest absolute Gasteiger partial charge is 0.497 e. The second-order valence-corrected chi connectivity index (χ2v) is 5.69. The fourth-order valence-electron chi connectivity index (χ4n) is 1.82. The van der Waals surface area contributed by atoms with Crippen LogP contribution in [-0.2, 0) is 9.53 Å². The van der Waals surface area contributed by atoms with Gasteiger partial charge in [0.15, 0.2) is 6.10 Å². The number of amides is 1. The van der Waals surface area contributed by atoms with Crippen LogP contribution in [0, 0.1) is 0 Å². The van der Waals surface area contributed by atoms with E-state index in [0.29, 0.717) is 17.0 Å². The van der Waals surface area contributed by atoms with Crippen LogP contribution in [0.1, 0.15) is 17.3 Å². The smallest absolute Gasteiger partial charge is 0.338 e. The van der Waals surface area contributed by atoms with Gasteiger partial charge in [-0.05, 0) is 49.4 Å². The molecular weight excluding hydrogens is 362 g/mol. The molecule has 5 nitrogen and oxygen atoms in total. The zero-order valence-electron chi connectivity index (χ0n) is 12.7. The molecule has 23 heavy (non-hydrogen) atoms. The predicted octanol–water partition coefficient (Wildman–Crippen LogP) is 3.64. The van der Waals surface area contributed by atoms with E-state index in [2.05, 4.69) is 21.2 Å². The quantitative estimate of drug-likeness (QED) is 0.807. The molecule has 0 fully saturated rings. The number of halogens is 1. The molecule has 0 aliphatic heterocycles. The highest BCUT2D eigenvalue weighted by molar-refractivity contribution is 9.10. The number of hydrogen-bond acceptors (Lipinski definition) is 4. The van der Waals surface area contributed by atoms with Crippen molar-refractivity contribution >= 4 is 33.5 Å². The van der Waals surface area contributed by atoms with E-state index in [0.717, 1.165) is 4.47 Å². The molecule has 1 atom stereocenters. The van der Waals surface area contributed by atoms with Gasteiger partial charge in [0, 0.05) is 10.2 Å². The van der Waals surface area contributed by atoms with E-state index in [1.165, 1.54) is 6.92 Å². The summed E-state index contributed by atoms with van der Waals surface area (Å²) >= 11 is 3.28. The van der Waals surface area contributed by atoms with Crippen LogP contribution in [0.4, 0.5) is 5.69 Å². The molecule has 2 aromatic rings. The van der Waals surface area contributed by atoms with Crippen LogP contribution in [0.25, 0.3) is 0 Å².